The Labute approximate surface area is 110 Å². The van der Waals surface area contributed by atoms with Gasteiger partial charge in [-0.15, -0.1) is 0 Å². The van der Waals surface area contributed by atoms with E-state index in [0.29, 0.717) is 17.5 Å². The molecule has 19 heavy (non-hydrogen) atoms. The molecular weight excluding hydrogens is 240 g/mol. The summed E-state index contributed by atoms with van der Waals surface area (Å²) in [5, 5.41) is 7.00. The van der Waals surface area contributed by atoms with Crippen LogP contribution in [0.5, 0.6) is 0 Å². The minimum absolute atomic E-state index is 0.455. The number of rotatable bonds is 3. The second-order valence-electron chi connectivity index (χ2n) is 3.94. The summed E-state index contributed by atoms with van der Waals surface area (Å²) < 4.78 is 5.31. The molecular formula is C14H12N4O. The highest BCUT2D eigenvalue weighted by Crippen LogP contribution is 2.26. The Morgan fingerprint density at radius 2 is 1.89 bits per heavy atom. The highest BCUT2D eigenvalue weighted by molar-refractivity contribution is 5.69. The van der Waals surface area contributed by atoms with Crippen molar-refractivity contribution in [3.05, 3.63) is 48.7 Å². The first-order valence-corrected chi connectivity index (χ1v) is 5.91. The first kappa shape index (κ1) is 11.4. The molecule has 3 rings (SSSR count). The first-order valence-electron chi connectivity index (χ1n) is 5.91. The maximum absolute atomic E-state index is 5.31. The van der Waals surface area contributed by atoms with Crippen molar-refractivity contribution in [1.29, 1.82) is 0 Å². The molecule has 0 unspecified atom stereocenters. The third-order valence-electron chi connectivity index (χ3n) is 2.73. The van der Waals surface area contributed by atoms with Gasteiger partial charge in [0.15, 0.2) is 0 Å². The minimum atomic E-state index is 0.455. The Morgan fingerprint density at radius 3 is 2.68 bits per heavy atom. The number of benzene rings is 1. The van der Waals surface area contributed by atoms with Crippen LogP contribution >= 0.6 is 0 Å². The molecule has 0 fully saturated rings. The number of nitrogens with zero attached hydrogens (tertiary/aromatic N) is 3. The van der Waals surface area contributed by atoms with Crippen molar-refractivity contribution >= 4 is 5.82 Å². The topological polar surface area (TPSA) is 63.8 Å². The van der Waals surface area contributed by atoms with E-state index in [1.54, 1.807) is 13.2 Å². The van der Waals surface area contributed by atoms with Crippen molar-refractivity contribution < 1.29 is 4.52 Å². The molecule has 3 aromatic rings. The van der Waals surface area contributed by atoms with Crippen molar-refractivity contribution in [2.75, 3.05) is 12.4 Å². The summed E-state index contributed by atoms with van der Waals surface area (Å²) >= 11 is 0. The van der Waals surface area contributed by atoms with E-state index in [0.717, 1.165) is 11.1 Å². The lowest BCUT2D eigenvalue weighted by Crippen LogP contribution is -1.94. The van der Waals surface area contributed by atoms with Gasteiger partial charge in [0.25, 0.3) is 5.89 Å². The summed E-state index contributed by atoms with van der Waals surface area (Å²) in [5.74, 6) is 1.74. The Morgan fingerprint density at radius 1 is 1.05 bits per heavy atom. The summed E-state index contributed by atoms with van der Waals surface area (Å²) in [6.07, 6.45) is 1.71. The molecule has 0 saturated heterocycles. The summed E-state index contributed by atoms with van der Waals surface area (Å²) in [6, 6.07) is 13.4. The van der Waals surface area contributed by atoms with Crippen LogP contribution in [0.4, 0.5) is 5.82 Å². The smallest absolute Gasteiger partial charge is 0.261 e. The minimum Gasteiger partial charge on any atom is -0.372 e. The van der Waals surface area contributed by atoms with Crippen molar-refractivity contribution in [3.63, 3.8) is 0 Å². The van der Waals surface area contributed by atoms with Crippen molar-refractivity contribution in [3.8, 4) is 22.8 Å². The third kappa shape index (κ3) is 2.18. The highest BCUT2D eigenvalue weighted by atomic mass is 16.5. The lowest BCUT2D eigenvalue weighted by atomic mass is 10.2. The SMILES string of the molecule is CNc1ncccc1-c1nc(-c2ccccc2)no1. The molecule has 0 bridgehead atoms. The van der Waals surface area contributed by atoms with E-state index in [-0.39, 0.29) is 0 Å². The molecule has 1 N–H and O–H groups in total. The molecule has 1 aromatic carbocycles. The molecule has 94 valence electrons. The molecule has 0 aliphatic heterocycles. The first-order chi connectivity index (χ1) is 9.38. The van der Waals surface area contributed by atoms with E-state index in [1.165, 1.54) is 0 Å². The highest BCUT2D eigenvalue weighted by Gasteiger charge is 2.13. The lowest BCUT2D eigenvalue weighted by molar-refractivity contribution is 0.432. The quantitative estimate of drug-likeness (QED) is 0.776. The van der Waals surface area contributed by atoms with Gasteiger partial charge in [-0.05, 0) is 12.1 Å². The molecule has 0 radical (unpaired) electrons. The Bertz CT molecular complexity index is 679. The fourth-order valence-corrected chi connectivity index (χ4v) is 1.81. The van der Waals surface area contributed by atoms with E-state index in [9.17, 15) is 0 Å². The zero-order chi connectivity index (χ0) is 13.1. The molecule has 2 heterocycles. The predicted octanol–water partition coefficient (Wildman–Crippen LogP) is 2.84. The van der Waals surface area contributed by atoms with Crippen LogP contribution < -0.4 is 5.32 Å². The van der Waals surface area contributed by atoms with Crippen LogP contribution in [-0.4, -0.2) is 22.2 Å². The summed E-state index contributed by atoms with van der Waals surface area (Å²) in [4.78, 5) is 8.62. The molecule has 0 amide bonds. The molecule has 5 heteroatoms. The van der Waals surface area contributed by atoms with Crippen LogP contribution in [0.25, 0.3) is 22.8 Å². The van der Waals surface area contributed by atoms with Crippen molar-refractivity contribution in [1.82, 2.24) is 15.1 Å². The zero-order valence-corrected chi connectivity index (χ0v) is 10.4. The molecule has 2 aromatic heterocycles. The predicted molar refractivity (Wildman–Crippen MR) is 72.5 cm³/mol. The fraction of sp³-hybridized carbons (Fsp3) is 0.0714. The Hall–Kier alpha value is -2.69. The maximum Gasteiger partial charge on any atom is 0.261 e. The molecule has 0 saturated carbocycles. The van der Waals surface area contributed by atoms with Gasteiger partial charge in [0.05, 0.1) is 5.56 Å². The van der Waals surface area contributed by atoms with E-state index >= 15 is 0 Å². The van der Waals surface area contributed by atoms with Crippen LogP contribution in [-0.2, 0) is 0 Å². The average Bonchev–Trinajstić information content (AvgIpc) is 2.98. The van der Waals surface area contributed by atoms with Gasteiger partial charge >= 0.3 is 0 Å². The van der Waals surface area contributed by atoms with Gasteiger partial charge in [-0.25, -0.2) is 4.98 Å². The number of aromatic nitrogens is 3. The third-order valence-corrected chi connectivity index (χ3v) is 2.73. The van der Waals surface area contributed by atoms with E-state index in [4.69, 9.17) is 4.52 Å². The second kappa shape index (κ2) is 4.89. The van der Waals surface area contributed by atoms with Crippen LogP contribution in [0.2, 0.25) is 0 Å². The summed E-state index contributed by atoms with van der Waals surface area (Å²) in [7, 11) is 1.81. The summed E-state index contributed by atoms with van der Waals surface area (Å²) in [5.41, 5.74) is 1.71. The Kier molecular flexibility index (Phi) is 2.94. The number of hydrogen-bond acceptors (Lipinski definition) is 5. The Balaban J connectivity index is 2.02. The van der Waals surface area contributed by atoms with E-state index < -0.39 is 0 Å². The summed E-state index contributed by atoms with van der Waals surface area (Å²) in [6.45, 7) is 0. The molecule has 5 nitrogen and oxygen atoms in total. The van der Waals surface area contributed by atoms with Crippen molar-refractivity contribution in [2.24, 2.45) is 0 Å². The number of hydrogen-bond donors (Lipinski definition) is 1. The number of anilines is 1. The van der Waals surface area contributed by atoms with E-state index in [1.807, 2.05) is 42.5 Å². The van der Waals surface area contributed by atoms with Gasteiger partial charge in [0, 0.05) is 18.8 Å². The van der Waals surface area contributed by atoms with Crippen LogP contribution in [0.15, 0.2) is 53.2 Å². The monoisotopic (exact) mass is 252 g/mol. The molecule has 0 spiro atoms. The van der Waals surface area contributed by atoms with Gasteiger partial charge in [0.1, 0.15) is 5.82 Å². The van der Waals surface area contributed by atoms with Gasteiger partial charge in [0.2, 0.25) is 5.82 Å². The van der Waals surface area contributed by atoms with Crippen LogP contribution in [0, 0.1) is 0 Å². The van der Waals surface area contributed by atoms with Crippen molar-refractivity contribution in [2.45, 2.75) is 0 Å². The molecule has 0 aliphatic carbocycles. The van der Waals surface area contributed by atoms with Gasteiger partial charge < -0.3 is 9.84 Å². The van der Waals surface area contributed by atoms with Crippen LogP contribution in [0.1, 0.15) is 0 Å². The van der Waals surface area contributed by atoms with E-state index in [2.05, 4.69) is 20.4 Å². The van der Waals surface area contributed by atoms with Gasteiger partial charge in [-0.1, -0.05) is 35.5 Å². The molecule has 0 atom stereocenters. The largest absolute Gasteiger partial charge is 0.372 e. The normalized spacial score (nSPS) is 10.4. The van der Waals surface area contributed by atoms with Crippen LogP contribution in [0.3, 0.4) is 0 Å². The fourth-order valence-electron chi connectivity index (χ4n) is 1.81. The zero-order valence-electron chi connectivity index (χ0n) is 10.4. The average molecular weight is 252 g/mol. The van der Waals surface area contributed by atoms with Gasteiger partial charge in [-0.3, -0.25) is 0 Å². The lowest BCUT2D eigenvalue weighted by Gasteiger charge is -2.02. The number of nitrogens with one attached hydrogen (secondary N) is 1. The second-order valence-corrected chi connectivity index (χ2v) is 3.94. The van der Waals surface area contributed by atoms with Gasteiger partial charge in [-0.2, -0.15) is 4.98 Å². The maximum atomic E-state index is 5.31. The molecule has 0 aliphatic rings. The number of pyridine rings is 1. The standard InChI is InChI=1S/C14H12N4O/c1-15-13-11(8-5-9-16-13)14-17-12(18-19-14)10-6-3-2-4-7-10/h2-9H,1H3,(H,15,16).